The van der Waals surface area contributed by atoms with Crippen LogP contribution in [-0.4, -0.2) is 85.9 Å². The molecule has 3 atom stereocenters. The lowest BCUT2D eigenvalue weighted by atomic mass is 9.90. The number of aromatic nitrogens is 3. The van der Waals surface area contributed by atoms with Gasteiger partial charge in [0.25, 0.3) is 0 Å². The molecule has 4 fully saturated rings. The molecule has 10 nitrogen and oxygen atoms in total. The van der Waals surface area contributed by atoms with E-state index in [1.54, 1.807) is 26.8 Å². The van der Waals surface area contributed by atoms with E-state index in [9.17, 15) is 4.79 Å². The minimum atomic E-state index is -2.46. The Labute approximate surface area is 316 Å². The lowest BCUT2D eigenvalue weighted by Gasteiger charge is -2.52. The van der Waals surface area contributed by atoms with Crippen LogP contribution in [0.25, 0.3) is 32.9 Å². The van der Waals surface area contributed by atoms with Gasteiger partial charge in [-0.15, -0.1) is 6.42 Å². The molecule has 9 rings (SSSR count). The van der Waals surface area contributed by atoms with Crippen LogP contribution in [0.3, 0.4) is 0 Å². The monoisotopic (exact) mass is 757 g/mol. The minimum absolute atomic E-state index is 0.0662. The summed E-state index contributed by atoms with van der Waals surface area (Å²) in [6.45, 7) is 6.65. The topological polar surface area (TPSA) is 110 Å². The zero-order valence-electron chi connectivity index (χ0n) is 31.2. The van der Waals surface area contributed by atoms with Crippen LogP contribution in [0.5, 0.6) is 6.01 Å². The van der Waals surface area contributed by atoms with E-state index in [0.717, 1.165) is 38.8 Å². The lowest BCUT2D eigenvalue weighted by Crippen LogP contribution is -2.71. The van der Waals surface area contributed by atoms with Crippen molar-refractivity contribution in [3.05, 3.63) is 47.2 Å². The number of anilines is 2. The maximum absolute atomic E-state index is 17.7. The van der Waals surface area contributed by atoms with Crippen molar-refractivity contribution in [1.29, 1.82) is 0 Å². The summed E-state index contributed by atoms with van der Waals surface area (Å²) in [5.41, 5.74) is 5.59. The summed E-state index contributed by atoms with van der Waals surface area (Å²) in [5, 5.41) is 0.954. The number of alkyl halides is 2. The zero-order valence-corrected chi connectivity index (χ0v) is 31.2. The summed E-state index contributed by atoms with van der Waals surface area (Å²) in [7, 11) is 0. The Balaban J connectivity index is 1.25. The third kappa shape index (κ3) is 5.47. The van der Waals surface area contributed by atoms with Crippen LogP contribution in [0.15, 0.2) is 24.3 Å². The summed E-state index contributed by atoms with van der Waals surface area (Å²) in [5.74, 6) is -3.96. The minimum Gasteiger partial charge on any atom is -0.461 e. The molecule has 2 aromatic carbocycles. The number of amides is 1. The highest BCUT2D eigenvalue weighted by Gasteiger charge is 2.69. The number of rotatable bonds is 4. The molecule has 4 aromatic rings. The normalized spacial score (nSPS) is 25.7. The molecule has 55 heavy (non-hydrogen) atoms. The van der Waals surface area contributed by atoms with Gasteiger partial charge in [0, 0.05) is 29.5 Å². The molecule has 4 saturated heterocycles. The van der Waals surface area contributed by atoms with Gasteiger partial charge < -0.3 is 20.1 Å². The number of carbonyl (C=O) groups excluding carboxylic acids is 1. The molecule has 14 heteroatoms. The number of pyridine rings is 1. The molecule has 5 aliphatic heterocycles. The Morgan fingerprint density at radius 2 is 1.80 bits per heavy atom. The number of nitrogens with zero attached hydrogens (tertiary/aromatic N) is 6. The quantitative estimate of drug-likeness (QED) is 0.0976. The maximum atomic E-state index is 17.7. The van der Waals surface area contributed by atoms with Crippen molar-refractivity contribution in [2.75, 3.05) is 36.9 Å². The molecule has 0 unspecified atom stereocenters. The van der Waals surface area contributed by atoms with Crippen LogP contribution in [0.2, 0.25) is 0 Å². The molecule has 0 saturated carbocycles. The van der Waals surface area contributed by atoms with Crippen molar-refractivity contribution in [1.82, 2.24) is 24.8 Å². The second-order valence-corrected chi connectivity index (χ2v) is 16.8. The number of hydrogen-bond acceptors (Lipinski definition) is 9. The van der Waals surface area contributed by atoms with Crippen molar-refractivity contribution in [3.63, 3.8) is 0 Å². The third-order valence-electron chi connectivity index (χ3n) is 12.3. The Morgan fingerprint density at radius 3 is 2.53 bits per heavy atom. The molecule has 0 radical (unpaired) electrons. The lowest BCUT2D eigenvalue weighted by molar-refractivity contribution is -0.133. The van der Waals surface area contributed by atoms with Crippen molar-refractivity contribution in [3.8, 4) is 29.6 Å². The van der Waals surface area contributed by atoms with Gasteiger partial charge >= 0.3 is 12.1 Å². The van der Waals surface area contributed by atoms with Crippen LogP contribution in [0, 0.1) is 24.0 Å². The summed E-state index contributed by atoms with van der Waals surface area (Å²) in [6.07, 6.45) is 8.88. The fourth-order valence-electron chi connectivity index (χ4n) is 9.97. The second kappa shape index (κ2) is 12.3. The largest absolute Gasteiger partial charge is 0.461 e. The average Bonchev–Trinajstić information content (AvgIpc) is 3.76. The highest BCUT2D eigenvalue weighted by molar-refractivity contribution is 6.04. The van der Waals surface area contributed by atoms with E-state index in [0.29, 0.717) is 22.4 Å². The number of nitrogen functional groups attached to an aromatic ring is 1. The first-order valence-electron chi connectivity index (χ1n) is 19.1. The number of aryl methyl sites for hydroxylation is 1. The standard InChI is InChI=1S/C41H43F4N7O3/c1-5-25-27(42)12-11-23-19-24(46)20-26(30(23)25)33-32(43)34-31-28(47-33)9-6-10-29-41(45)16-15-40(44,52(41)37(53)55-38(2,3)4)21-51(29)35(31)49-36(48-34)54-22-39-13-7-17-50(39)18-8-14-39/h1,11-12,19-20,29H,6-10,13-18,21-22,46H2,2-4H3/t29-,40-,41+/m1/s1. The molecule has 7 heterocycles. The SMILES string of the molecule is C#Cc1c(F)ccc2cc(N)cc(-c3nc4c5c(nc(OCC67CCCN6CCC7)nc5c3F)N3C[C@@]5(F)CC[C@@](F)([C@H]3CCC4)N5C(=O)OC(C)(C)C)c12. The van der Waals surface area contributed by atoms with E-state index < -0.39 is 47.5 Å². The van der Waals surface area contributed by atoms with Gasteiger partial charge in [0.2, 0.25) is 11.6 Å². The first-order valence-corrected chi connectivity index (χ1v) is 19.1. The molecule has 2 bridgehead atoms. The number of ether oxygens (including phenoxy) is 2. The van der Waals surface area contributed by atoms with Crippen molar-refractivity contribution in [2.24, 2.45) is 0 Å². The molecule has 288 valence electrons. The fourth-order valence-corrected chi connectivity index (χ4v) is 9.97. The number of piperazine rings is 1. The van der Waals surface area contributed by atoms with Crippen LogP contribution in [0.1, 0.15) is 83.4 Å². The molecule has 0 aliphatic carbocycles. The molecule has 2 N–H and O–H groups in total. The average molecular weight is 758 g/mol. The molecule has 1 amide bonds. The number of halogens is 4. The fraction of sp³-hybridized carbons (Fsp3) is 0.512. The van der Waals surface area contributed by atoms with E-state index in [-0.39, 0.29) is 88.5 Å². The Kier molecular flexibility index (Phi) is 8.00. The predicted molar refractivity (Wildman–Crippen MR) is 200 cm³/mol. The Hall–Kier alpha value is -4.90. The number of nitrogens with two attached hydrogens (primary N) is 1. The van der Waals surface area contributed by atoms with Crippen LogP contribution < -0.4 is 15.4 Å². The summed E-state index contributed by atoms with van der Waals surface area (Å²) in [4.78, 5) is 32.4. The number of benzene rings is 2. The Bertz CT molecular complexity index is 2320. The van der Waals surface area contributed by atoms with E-state index in [1.165, 1.54) is 23.1 Å². The van der Waals surface area contributed by atoms with Gasteiger partial charge in [0.05, 0.1) is 34.8 Å². The number of terminal acetylenes is 1. The van der Waals surface area contributed by atoms with Gasteiger partial charge in [0.15, 0.2) is 5.82 Å². The molecule has 2 aromatic heterocycles. The second-order valence-electron chi connectivity index (χ2n) is 16.8. The number of fused-ring (bicyclic) bond motifs is 7. The van der Waals surface area contributed by atoms with Gasteiger partial charge in [0.1, 0.15) is 35.1 Å². The zero-order chi connectivity index (χ0) is 38.7. The predicted octanol–water partition coefficient (Wildman–Crippen LogP) is 7.58. The summed E-state index contributed by atoms with van der Waals surface area (Å²) in [6, 6.07) is 4.70. The first kappa shape index (κ1) is 35.8. The van der Waals surface area contributed by atoms with Gasteiger partial charge in [-0.2, -0.15) is 9.97 Å². The van der Waals surface area contributed by atoms with Gasteiger partial charge in [-0.05, 0) is 102 Å². The summed E-state index contributed by atoms with van der Waals surface area (Å²) < 4.78 is 79.4. The van der Waals surface area contributed by atoms with Crippen molar-refractivity contribution in [2.45, 2.75) is 107 Å². The van der Waals surface area contributed by atoms with Gasteiger partial charge in [-0.25, -0.2) is 32.2 Å². The number of carbonyl (C=O) groups is 1. The van der Waals surface area contributed by atoms with Crippen molar-refractivity contribution >= 4 is 39.3 Å². The van der Waals surface area contributed by atoms with Crippen LogP contribution >= 0.6 is 0 Å². The highest BCUT2D eigenvalue weighted by Crippen LogP contribution is 2.55. The van der Waals surface area contributed by atoms with Crippen molar-refractivity contribution < 1.29 is 31.8 Å². The Morgan fingerprint density at radius 1 is 1.04 bits per heavy atom. The molecular weight excluding hydrogens is 714 g/mol. The third-order valence-corrected chi connectivity index (χ3v) is 12.3. The molecule has 5 aliphatic rings. The van der Waals surface area contributed by atoms with Gasteiger partial charge in [-0.3, -0.25) is 4.90 Å². The maximum Gasteiger partial charge on any atom is 0.415 e. The number of hydrogen-bond donors (Lipinski definition) is 1. The highest BCUT2D eigenvalue weighted by atomic mass is 19.2. The van der Waals surface area contributed by atoms with E-state index in [4.69, 9.17) is 31.6 Å². The molecule has 0 spiro atoms. The van der Waals surface area contributed by atoms with Gasteiger partial charge in [-0.1, -0.05) is 12.0 Å². The smallest absolute Gasteiger partial charge is 0.415 e. The van der Waals surface area contributed by atoms with Crippen LogP contribution in [0.4, 0.5) is 33.9 Å². The van der Waals surface area contributed by atoms with E-state index in [1.807, 2.05) is 0 Å². The van der Waals surface area contributed by atoms with E-state index >= 15 is 17.6 Å². The first-order chi connectivity index (χ1) is 26.1. The van der Waals surface area contributed by atoms with Crippen LogP contribution in [-0.2, 0) is 11.2 Å². The van der Waals surface area contributed by atoms with E-state index in [2.05, 4.69) is 15.8 Å². The molecular formula is C41H43F4N7O3. The summed E-state index contributed by atoms with van der Waals surface area (Å²) >= 11 is 0.